The van der Waals surface area contributed by atoms with Gasteiger partial charge in [0.05, 0.1) is 7.11 Å². The minimum Gasteiger partial charge on any atom is -0.468 e. The van der Waals surface area contributed by atoms with Crippen LogP contribution in [0.5, 0.6) is 0 Å². The average molecular weight is 257 g/mol. The largest absolute Gasteiger partial charge is 0.468 e. The van der Waals surface area contributed by atoms with Gasteiger partial charge in [-0.25, -0.2) is 0 Å². The van der Waals surface area contributed by atoms with Crippen LogP contribution in [0.1, 0.15) is 19.3 Å². The lowest BCUT2D eigenvalue weighted by Crippen LogP contribution is -2.36. The van der Waals surface area contributed by atoms with Crippen LogP contribution >= 0.6 is 0 Å². The lowest BCUT2D eigenvalue weighted by molar-refractivity contribution is -0.143. The van der Waals surface area contributed by atoms with Gasteiger partial charge in [0, 0.05) is 19.6 Å². The predicted octanol–water partition coefficient (Wildman–Crippen LogP) is 1.50. The smallest absolute Gasteiger partial charge is 0.389 e. The van der Waals surface area contributed by atoms with E-state index >= 15 is 0 Å². The third-order valence-electron chi connectivity index (χ3n) is 2.13. The highest BCUT2D eigenvalue weighted by Gasteiger charge is 2.26. The van der Waals surface area contributed by atoms with Crippen LogP contribution < -0.4 is 5.32 Å². The number of nitrogens with one attached hydrogen (secondary N) is 1. The molecular weight excluding hydrogens is 239 g/mol. The fourth-order valence-electron chi connectivity index (χ4n) is 1.20. The van der Waals surface area contributed by atoms with Gasteiger partial charge < -0.3 is 14.8 Å². The number of methoxy groups -OCH3 is 1. The van der Waals surface area contributed by atoms with Gasteiger partial charge in [-0.2, -0.15) is 13.2 Å². The van der Waals surface area contributed by atoms with Crippen molar-refractivity contribution < 1.29 is 27.4 Å². The predicted molar refractivity (Wildman–Crippen MR) is 55.6 cm³/mol. The maximum absolute atomic E-state index is 11.8. The molecule has 0 radical (unpaired) electrons. The number of halogens is 3. The Labute approximate surface area is 98.5 Å². The third kappa shape index (κ3) is 8.93. The molecule has 0 aromatic carbocycles. The standard InChI is InChI=1S/C10H18F3NO3/c1-14-8(9(15)16-2)4-7-17-6-3-5-10(11,12)13/h8,14H,3-7H2,1-2H3. The first-order valence-corrected chi connectivity index (χ1v) is 5.30. The molecule has 0 aromatic heterocycles. The highest BCUT2D eigenvalue weighted by Crippen LogP contribution is 2.20. The third-order valence-corrected chi connectivity index (χ3v) is 2.13. The van der Waals surface area contributed by atoms with E-state index in [2.05, 4.69) is 10.1 Å². The van der Waals surface area contributed by atoms with Crippen LogP contribution in [0.4, 0.5) is 13.2 Å². The Morgan fingerprint density at radius 2 is 2.00 bits per heavy atom. The van der Waals surface area contributed by atoms with Gasteiger partial charge in [0.1, 0.15) is 6.04 Å². The van der Waals surface area contributed by atoms with Crippen molar-refractivity contribution in [2.24, 2.45) is 0 Å². The number of hydrogen-bond donors (Lipinski definition) is 1. The summed E-state index contributed by atoms with van der Waals surface area (Å²) in [6, 6.07) is -0.484. The molecule has 0 aliphatic heterocycles. The molecule has 0 spiro atoms. The van der Waals surface area contributed by atoms with Crippen molar-refractivity contribution in [2.75, 3.05) is 27.4 Å². The molecule has 0 saturated carbocycles. The summed E-state index contributed by atoms with van der Waals surface area (Å²) >= 11 is 0. The summed E-state index contributed by atoms with van der Waals surface area (Å²) in [7, 11) is 2.88. The number of carbonyl (C=O) groups is 1. The molecule has 7 heteroatoms. The number of rotatable bonds is 8. The van der Waals surface area contributed by atoms with Gasteiger partial charge in [-0.05, 0) is 19.9 Å². The van der Waals surface area contributed by atoms with Crippen molar-refractivity contribution in [1.29, 1.82) is 0 Å². The van der Waals surface area contributed by atoms with E-state index in [0.29, 0.717) is 6.42 Å². The van der Waals surface area contributed by atoms with Gasteiger partial charge in [0.15, 0.2) is 0 Å². The molecule has 0 saturated heterocycles. The Morgan fingerprint density at radius 3 is 2.47 bits per heavy atom. The summed E-state index contributed by atoms with van der Waals surface area (Å²) in [6.45, 7) is 0.260. The molecule has 1 N–H and O–H groups in total. The van der Waals surface area contributed by atoms with Gasteiger partial charge in [-0.15, -0.1) is 0 Å². The van der Waals surface area contributed by atoms with Gasteiger partial charge in [0.2, 0.25) is 0 Å². The summed E-state index contributed by atoms with van der Waals surface area (Å²) in [5.74, 6) is -0.411. The van der Waals surface area contributed by atoms with Gasteiger partial charge in [0.25, 0.3) is 0 Å². The maximum atomic E-state index is 11.8. The van der Waals surface area contributed by atoms with E-state index < -0.39 is 24.6 Å². The summed E-state index contributed by atoms with van der Waals surface area (Å²) < 4.78 is 44.8. The van der Waals surface area contributed by atoms with E-state index in [-0.39, 0.29) is 19.6 Å². The van der Waals surface area contributed by atoms with Crippen molar-refractivity contribution in [1.82, 2.24) is 5.32 Å². The quantitative estimate of drug-likeness (QED) is 0.529. The lowest BCUT2D eigenvalue weighted by atomic mass is 10.2. The number of esters is 1. The van der Waals surface area contributed by atoms with Crippen molar-refractivity contribution in [3.63, 3.8) is 0 Å². The number of hydrogen-bond acceptors (Lipinski definition) is 4. The topological polar surface area (TPSA) is 47.6 Å². The molecule has 1 unspecified atom stereocenters. The van der Waals surface area contributed by atoms with Crippen LogP contribution in [-0.2, 0) is 14.3 Å². The van der Waals surface area contributed by atoms with E-state index in [4.69, 9.17) is 4.74 Å². The van der Waals surface area contributed by atoms with E-state index in [0.717, 1.165) is 0 Å². The number of likely N-dealkylation sites (N-methyl/N-ethyl adjacent to an activating group) is 1. The van der Waals surface area contributed by atoms with Crippen molar-refractivity contribution in [3.8, 4) is 0 Å². The molecule has 0 amide bonds. The maximum Gasteiger partial charge on any atom is 0.389 e. The van der Waals surface area contributed by atoms with Crippen molar-refractivity contribution in [2.45, 2.75) is 31.5 Å². The minimum atomic E-state index is -4.14. The molecule has 0 fully saturated rings. The SMILES string of the molecule is CNC(CCOCCCC(F)(F)F)C(=O)OC. The minimum absolute atomic E-state index is 0.0388. The van der Waals surface area contributed by atoms with E-state index in [9.17, 15) is 18.0 Å². The Balaban J connectivity index is 3.53. The average Bonchev–Trinajstić information content (AvgIpc) is 2.26. The van der Waals surface area contributed by atoms with Crippen LogP contribution in [-0.4, -0.2) is 45.6 Å². The summed E-state index contributed by atoms with van der Waals surface area (Å²) in [4.78, 5) is 11.1. The van der Waals surface area contributed by atoms with Crippen LogP contribution in [0.25, 0.3) is 0 Å². The molecule has 1 atom stereocenters. The fourth-order valence-corrected chi connectivity index (χ4v) is 1.20. The number of alkyl halides is 3. The normalized spacial score (nSPS) is 13.5. The van der Waals surface area contributed by atoms with E-state index in [1.807, 2.05) is 0 Å². The fraction of sp³-hybridized carbons (Fsp3) is 0.900. The molecular formula is C10H18F3NO3. The number of ether oxygens (including phenoxy) is 2. The van der Waals surface area contributed by atoms with Gasteiger partial charge in [-0.3, -0.25) is 4.79 Å². The molecule has 102 valence electrons. The van der Waals surface area contributed by atoms with E-state index in [1.165, 1.54) is 7.11 Å². The van der Waals surface area contributed by atoms with Crippen LogP contribution in [0, 0.1) is 0 Å². The first-order valence-electron chi connectivity index (χ1n) is 5.30. The second-order valence-electron chi connectivity index (χ2n) is 3.48. The molecule has 0 aromatic rings. The van der Waals surface area contributed by atoms with Crippen molar-refractivity contribution >= 4 is 5.97 Å². The molecule has 0 rings (SSSR count). The number of carbonyl (C=O) groups excluding carboxylic acids is 1. The first kappa shape index (κ1) is 16.2. The van der Waals surface area contributed by atoms with Crippen LogP contribution in [0.15, 0.2) is 0 Å². The molecule has 0 aliphatic rings. The lowest BCUT2D eigenvalue weighted by Gasteiger charge is -2.13. The zero-order valence-corrected chi connectivity index (χ0v) is 9.97. The van der Waals surface area contributed by atoms with Gasteiger partial charge in [-0.1, -0.05) is 0 Å². The summed E-state index contributed by atoms with van der Waals surface area (Å²) in [6.07, 6.45) is -4.68. The zero-order chi connectivity index (χ0) is 13.3. The van der Waals surface area contributed by atoms with Gasteiger partial charge >= 0.3 is 12.1 Å². The Hall–Kier alpha value is -0.820. The van der Waals surface area contributed by atoms with E-state index in [1.54, 1.807) is 7.05 Å². The molecule has 0 bridgehead atoms. The molecule has 0 aliphatic carbocycles. The zero-order valence-electron chi connectivity index (χ0n) is 9.97. The Morgan fingerprint density at radius 1 is 1.35 bits per heavy atom. The second kappa shape index (κ2) is 8.30. The summed E-state index contributed by atoms with van der Waals surface area (Å²) in [5.41, 5.74) is 0. The highest BCUT2D eigenvalue weighted by atomic mass is 19.4. The molecule has 0 heterocycles. The highest BCUT2D eigenvalue weighted by molar-refractivity contribution is 5.75. The molecule has 17 heavy (non-hydrogen) atoms. The second-order valence-corrected chi connectivity index (χ2v) is 3.48. The van der Waals surface area contributed by atoms with Crippen molar-refractivity contribution in [3.05, 3.63) is 0 Å². The monoisotopic (exact) mass is 257 g/mol. The Bertz CT molecular complexity index is 221. The molecule has 4 nitrogen and oxygen atoms in total. The van der Waals surface area contributed by atoms with Crippen LogP contribution in [0.2, 0.25) is 0 Å². The summed E-state index contributed by atoms with van der Waals surface area (Å²) in [5, 5.41) is 2.73. The Kier molecular flexibility index (Phi) is 7.90. The first-order chi connectivity index (χ1) is 7.90. The van der Waals surface area contributed by atoms with Crippen LogP contribution in [0.3, 0.4) is 0 Å².